The normalized spacial score (nSPS) is 18.1. The highest BCUT2D eigenvalue weighted by atomic mass is 79.9. The van der Waals surface area contributed by atoms with Gasteiger partial charge in [-0.1, -0.05) is 47.1 Å². The number of ether oxygens (including phenoxy) is 1. The van der Waals surface area contributed by atoms with Gasteiger partial charge in [-0.15, -0.1) is 0 Å². The number of Topliss-reactive ketones (excluding diaryl/α,β-unsaturated/α-hetero) is 1. The van der Waals surface area contributed by atoms with Crippen molar-refractivity contribution in [3.8, 4) is 5.75 Å². The summed E-state index contributed by atoms with van der Waals surface area (Å²) < 4.78 is 6.61. The smallest absolute Gasteiger partial charge is 0.295 e. The van der Waals surface area contributed by atoms with Gasteiger partial charge in [0.2, 0.25) is 0 Å². The molecule has 7 heteroatoms. The Bertz CT molecular complexity index is 985. The molecule has 0 saturated carbocycles. The molecule has 1 heterocycles. The quantitative estimate of drug-likeness (QED) is 0.343. The van der Waals surface area contributed by atoms with Crippen molar-refractivity contribution < 1.29 is 19.4 Å². The van der Waals surface area contributed by atoms with Crippen molar-refractivity contribution in [2.45, 2.75) is 19.4 Å². The Morgan fingerprint density at radius 3 is 2.52 bits per heavy atom. The molecule has 1 aliphatic rings. The van der Waals surface area contributed by atoms with Gasteiger partial charge < -0.3 is 19.6 Å². The van der Waals surface area contributed by atoms with E-state index >= 15 is 0 Å². The van der Waals surface area contributed by atoms with E-state index in [9.17, 15) is 14.7 Å². The zero-order valence-electron chi connectivity index (χ0n) is 18.0. The monoisotopic (exact) mass is 486 g/mol. The van der Waals surface area contributed by atoms with Crippen LogP contribution in [-0.2, 0) is 9.59 Å². The average Bonchev–Trinajstić information content (AvgIpc) is 3.01. The van der Waals surface area contributed by atoms with Crippen LogP contribution in [0, 0.1) is 0 Å². The first-order chi connectivity index (χ1) is 14.8. The van der Waals surface area contributed by atoms with E-state index in [4.69, 9.17) is 4.74 Å². The van der Waals surface area contributed by atoms with Gasteiger partial charge in [0, 0.05) is 23.1 Å². The van der Waals surface area contributed by atoms with Crippen LogP contribution in [0.3, 0.4) is 0 Å². The lowest BCUT2D eigenvalue weighted by Crippen LogP contribution is -2.35. The van der Waals surface area contributed by atoms with Crippen LogP contribution in [0.4, 0.5) is 0 Å². The van der Waals surface area contributed by atoms with Crippen LogP contribution in [0.5, 0.6) is 5.75 Å². The minimum absolute atomic E-state index is 0.0960. The first-order valence-corrected chi connectivity index (χ1v) is 11.0. The van der Waals surface area contributed by atoms with E-state index in [1.807, 2.05) is 50.2 Å². The minimum atomic E-state index is -0.686. The van der Waals surface area contributed by atoms with E-state index in [1.54, 1.807) is 24.3 Å². The second-order valence-electron chi connectivity index (χ2n) is 7.72. The lowest BCUT2D eigenvalue weighted by molar-refractivity contribution is -0.140. The number of carbonyl (C=O) groups is 2. The van der Waals surface area contributed by atoms with E-state index < -0.39 is 17.7 Å². The van der Waals surface area contributed by atoms with Crippen LogP contribution in [0.25, 0.3) is 5.76 Å². The third kappa shape index (κ3) is 5.17. The summed E-state index contributed by atoms with van der Waals surface area (Å²) in [7, 11) is 3.82. The Hall–Kier alpha value is -2.64. The molecule has 31 heavy (non-hydrogen) atoms. The maximum Gasteiger partial charge on any atom is 0.295 e. The molecule has 3 rings (SSSR count). The highest BCUT2D eigenvalue weighted by Crippen LogP contribution is 2.40. The van der Waals surface area contributed by atoms with Crippen molar-refractivity contribution in [1.29, 1.82) is 0 Å². The van der Waals surface area contributed by atoms with Gasteiger partial charge in [0.1, 0.15) is 11.5 Å². The Kier molecular flexibility index (Phi) is 7.51. The summed E-state index contributed by atoms with van der Waals surface area (Å²) in [4.78, 5) is 29.4. The van der Waals surface area contributed by atoms with Crippen molar-refractivity contribution in [1.82, 2.24) is 9.80 Å². The molecule has 0 aromatic heterocycles. The number of hydrogen-bond donors (Lipinski definition) is 1. The highest BCUT2D eigenvalue weighted by Gasteiger charge is 2.46. The van der Waals surface area contributed by atoms with Crippen molar-refractivity contribution >= 4 is 33.4 Å². The number of hydrogen-bond acceptors (Lipinski definition) is 5. The molecule has 1 aliphatic heterocycles. The fraction of sp³-hybridized carbons (Fsp3) is 0.333. The predicted molar refractivity (Wildman–Crippen MR) is 124 cm³/mol. The van der Waals surface area contributed by atoms with Crippen LogP contribution in [0.2, 0.25) is 0 Å². The second-order valence-corrected chi connectivity index (χ2v) is 8.64. The lowest BCUT2D eigenvalue weighted by Gasteiger charge is -2.27. The molecular formula is C24H27BrN2O4. The molecule has 0 radical (unpaired) electrons. The van der Waals surface area contributed by atoms with Crippen molar-refractivity contribution in [3.05, 3.63) is 69.7 Å². The molecular weight excluding hydrogens is 460 g/mol. The van der Waals surface area contributed by atoms with Gasteiger partial charge >= 0.3 is 0 Å². The summed E-state index contributed by atoms with van der Waals surface area (Å²) in [6.45, 7) is 3.55. The summed E-state index contributed by atoms with van der Waals surface area (Å²) in [5.41, 5.74) is 1.31. The number of halogens is 1. The van der Waals surface area contributed by atoms with Crippen LogP contribution in [0.1, 0.15) is 30.5 Å². The summed E-state index contributed by atoms with van der Waals surface area (Å²) in [6.07, 6.45) is 0.870. The van der Waals surface area contributed by atoms with E-state index in [0.29, 0.717) is 31.0 Å². The number of carbonyl (C=O) groups excluding carboxylic acids is 2. The molecule has 0 bridgehead atoms. The number of nitrogens with zero attached hydrogens (tertiary/aromatic N) is 2. The number of benzene rings is 2. The van der Waals surface area contributed by atoms with Gasteiger partial charge in [0.25, 0.3) is 11.7 Å². The fourth-order valence-corrected chi connectivity index (χ4v) is 3.79. The molecule has 1 N–H and O–H groups in total. The Morgan fingerprint density at radius 2 is 1.87 bits per heavy atom. The maximum atomic E-state index is 13.0. The standard InChI is InChI=1S/C24H27BrN2O4/c1-4-14-31-19-7-5-6-17(15-19)21-20(22(28)16-8-10-18(25)11-9-16)23(29)24(30)27(21)13-12-26(2)3/h5-11,15,21,28H,4,12-14H2,1-3H3/t21-/m1/s1. The molecule has 0 unspecified atom stereocenters. The molecule has 0 aliphatic carbocycles. The maximum absolute atomic E-state index is 13.0. The van der Waals surface area contributed by atoms with E-state index in [-0.39, 0.29) is 11.3 Å². The van der Waals surface area contributed by atoms with E-state index in [0.717, 1.165) is 16.5 Å². The number of rotatable bonds is 8. The number of aliphatic hydroxyl groups excluding tert-OH is 1. The Balaban J connectivity index is 2.11. The largest absolute Gasteiger partial charge is 0.507 e. The topological polar surface area (TPSA) is 70.1 Å². The fourth-order valence-electron chi connectivity index (χ4n) is 3.52. The van der Waals surface area contributed by atoms with Gasteiger partial charge in [-0.25, -0.2) is 0 Å². The zero-order chi connectivity index (χ0) is 22.5. The summed E-state index contributed by atoms with van der Waals surface area (Å²) in [6, 6.07) is 13.7. The molecule has 2 aromatic carbocycles. The molecule has 1 fully saturated rings. The van der Waals surface area contributed by atoms with Gasteiger partial charge in [-0.3, -0.25) is 9.59 Å². The highest BCUT2D eigenvalue weighted by molar-refractivity contribution is 9.10. The number of amides is 1. The van der Waals surface area contributed by atoms with Gasteiger partial charge in [0.15, 0.2) is 0 Å². The molecule has 6 nitrogen and oxygen atoms in total. The van der Waals surface area contributed by atoms with Crippen LogP contribution in [0.15, 0.2) is 58.6 Å². The second kappa shape index (κ2) is 10.1. The van der Waals surface area contributed by atoms with E-state index in [2.05, 4.69) is 15.9 Å². The van der Waals surface area contributed by atoms with Gasteiger partial charge in [0.05, 0.1) is 18.2 Å². The molecule has 2 aromatic rings. The molecule has 0 spiro atoms. The van der Waals surface area contributed by atoms with Gasteiger partial charge in [-0.2, -0.15) is 0 Å². The SMILES string of the molecule is CCCOc1cccc([C@@H]2C(=C(O)c3ccc(Br)cc3)C(=O)C(=O)N2CCN(C)C)c1. The third-order valence-corrected chi connectivity index (χ3v) is 5.62. The number of aliphatic hydroxyl groups is 1. The van der Waals surface area contributed by atoms with Crippen LogP contribution in [-0.4, -0.2) is 60.4 Å². The van der Waals surface area contributed by atoms with Crippen molar-refractivity contribution in [2.24, 2.45) is 0 Å². The summed E-state index contributed by atoms with van der Waals surface area (Å²) in [5.74, 6) is -0.793. The average molecular weight is 487 g/mol. The number of likely N-dealkylation sites (N-methyl/N-ethyl adjacent to an activating group) is 1. The predicted octanol–water partition coefficient (Wildman–Crippen LogP) is 4.22. The van der Waals surface area contributed by atoms with Crippen molar-refractivity contribution in [2.75, 3.05) is 33.8 Å². The minimum Gasteiger partial charge on any atom is -0.507 e. The number of likely N-dealkylation sites (tertiary alicyclic amines) is 1. The molecule has 164 valence electrons. The summed E-state index contributed by atoms with van der Waals surface area (Å²) >= 11 is 3.37. The zero-order valence-corrected chi connectivity index (χ0v) is 19.6. The summed E-state index contributed by atoms with van der Waals surface area (Å²) in [5, 5.41) is 11.1. The number of ketones is 1. The van der Waals surface area contributed by atoms with Gasteiger partial charge in [-0.05, 0) is 50.3 Å². The molecule has 1 amide bonds. The first kappa shape index (κ1) is 23.0. The molecule has 1 atom stereocenters. The van der Waals surface area contributed by atoms with E-state index in [1.165, 1.54) is 4.90 Å². The molecule has 1 saturated heterocycles. The first-order valence-electron chi connectivity index (χ1n) is 10.2. The Morgan fingerprint density at radius 1 is 1.16 bits per heavy atom. The Labute approximate surface area is 191 Å². The van der Waals surface area contributed by atoms with Crippen LogP contribution >= 0.6 is 15.9 Å². The van der Waals surface area contributed by atoms with Crippen LogP contribution < -0.4 is 4.74 Å². The third-order valence-electron chi connectivity index (χ3n) is 5.09. The lowest BCUT2D eigenvalue weighted by atomic mass is 9.95. The van der Waals surface area contributed by atoms with Crippen molar-refractivity contribution in [3.63, 3.8) is 0 Å².